The summed E-state index contributed by atoms with van der Waals surface area (Å²) in [6, 6.07) is 5.80. The van der Waals surface area contributed by atoms with Crippen molar-refractivity contribution in [3.8, 4) is 0 Å². The highest BCUT2D eigenvalue weighted by molar-refractivity contribution is 5.93. The maximum Gasteiger partial charge on any atom is 0.272 e. The van der Waals surface area contributed by atoms with Crippen LogP contribution in [0.4, 0.5) is 0 Å². The molecule has 22 heavy (non-hydrogen) atoms. The van der Waals surface area contributed by atoms with Gasteiger partial charge in [0.15, 0.2) is 0 Å². The van der Waals surface area contributed by atoms with Gasteiger partial charge >= 0.3 is 0 Å². The van der Waals surface area contributed by atoms with E-state index in [1.807, 2.05) is 30.1 Å². The predicted octanol–water partition coefficient (Wildman–Crippen LogP) is 3.19. The van der Waals surface area contributed by atoms with E-state index in [1.54, 1.807) is 10.9 Å². The first-order valence-corrected chi connectivity index (χ1v) is 7.93. The normalized spacial score (nSPS) is 18.4. The number of aryl methyl sites for hydroxylation is 1. The van der Waals surface area contributed by atoms with Gasteiger partial charge in [-0.05, 0) is 43.4 Å². The molecule has 0 unspecified atom stereocenters. The molecule has 118 valence electrons. The Kier molecular flexibility index (Phi) is 4.05. The third-order valence-electron chi connectivity index (χ3n) is 4.15. The van der Waals surface area contributed by atoms with Crippen molar-refractivity contribution < 1.29 is 9.21 Å². The van der Waals surface area contributed by atoms with Crippen LogP contribution in [0.3, 0.4) is 0 Å². The number of hydrogen-bond acceptors (Lipinski definition) is 3. The largest absolute Gasteiger partial charge is 0.467 e. The van der Waals surface area contributed by atoms with E-state index < -0.39 is 0 Å². The van der Waals surface area contributed by atoms with E-state index in [0.717, 1.165) is 37.3 Å². The van der Waals surface area contributed by atoms with Crippen molar-refractivity contribution in [3.63, 3.8) is 0 Å². The van der Waals surface area contributed by atoms with Gasteiger partial charge in [0.1, 0.15) is 11.5 Å². The molecular formula is C17H23N3O2. The van der Waals surface area contributed by atoms with Gasteiger partial charge in [0.05, 0.1) is 18.0 Å². The summed E-state index contributed by atoms with van der Waals surface area (Å²) >= 11 is 0. The molecule has 0 aliphatic carbocycles. The molecule has 1 saturated heterocycles. The van der Waals surface area contributed by atoms with Crippen molar-refractivity contribution in [3.05, 3.63) is 41.6 Å². The summed E-state index contributed by atoms with van der Waals surface area (Å²) < 4.78 is 7.21. The number of aromatic nitrogens is 2. The number of hydrogen-bond donors (Lipinski definition) is 0. The Balaban J connectivity index is 1.82. The number of rotatable bonds is 4. The second-order valence-electron chi connectivity index (χ2n) is 6.41. The van der Waals surface area contributed by atoms with Crippen LogP contribution in [0.2, 0.25) is 0 Å². The fourth-order valence-corrected chi connectivity index (χ4v) is 3.18. The lowest BCUT2D eigenvalue weighted by Gasteiger charge is -2.22. The maximum absolute atomic E-state index is 12.9. The molecule has 0 radical (unpaired) electrons. The zero-order valence-electron chi connectivity index (χ0n) is 13.5. The summed E-state index contributed by atoms with van der Waals surface area (Å²) in [5.41, 5.74) is 1.64. The summed E-state index contributed by atoms with van der Waals surface area (Å²) in [5, 5.41) is 4.48. The first kappa shape index (κ1) is 14.9. The van der Waals surface area contributed by atoms with E-state index in [0.29, 0.717) is 11.6 Å². The molecule has 3 rings (SSSR count). The zero-order valence-corrected chi connectivity index (χ0v) is 13.5. The minimum absolute atomic E-state index is 0.0453. The second-order valence-corrected chi connectivity index (χ2v) is 6.41. The van der Waals surface area contributed by atoms with Crippen molar-refractivity contribution in [2.24, 2.45) is 13.0 Å². The number of nitrogens with zero attached hydrogens (tertiary/aromatic N) is 3. The monoisotopic (exact) mass is 301 g/mol. The van der Waals surface area contributed by atoms with Gasteiger partial charge < -0.3 is 9.32 Å². The van der Waals surface area contributed by atoms with E-state index in [2.05, 4.69) is 18.9 Å². The van der Waals surface area contributed by atoms with Gasteiger partial charge in [-0.25, -0.2) is 0 Å². The Hall–Kier alpha value is -2.04. The van der Waals surface area contributed by atoms with Crippen molar-refractivity contribution in [1.29, 1.82) is 0 Å². The third kappa shape index (κ3) is 2.80. The molecule has 1 aliphatic rings. The van der Waals surface area contributed by atoms with Crippen LogP contribution in [0.15, 0.2) is 28.9 Å². The zero-order chi connectivity index (χ0) is 15.7. The van der Waals surface area contributed by atoms with Crippen LogP contribution in [-0.4, -0.2) is 27.1 Å². The van der Waals surface area contributed by atoms with E-state index >= 15 is 0 Å². The van der Waals surface area contributed by atoms with E-state index in [9.17, 15) is 4.79 Å². The number of furan rings is 1. The molecule has 1 atom stereocenters. The Morgan fingerprint density at radius 1 is 1.50 bits per heavy atom. The topological polar surface area (TPSA) is 51.3 Å². The number of carbonyl (C=O) groups is 1. The summed E-state index contributed by atoms with van der Waals surface area (Å²) in [6.45, 7) is 5.09. The number of carbonyl (C=O) groups excluding carboxylic acids is 1. The second kappa shape index (κ2) is 5.99. The molecule has 3 heterocycles. The van der Waals surface area contributed by atoms with Crippen molar-refractivity contribution in [2.45, 2.75) is 39.2 Å². The third-order valence-corrected chi connectivity index (χ3v) is 4.15. The van der Waals surface area contributed by atoms with Gasteiger partial charge in [-0.1, -0.05) is 13.8 Å². The minimum Gasteiger partial charge on any atom is -0.467 e. The van der Waals surface area contributed by atoms with Crippen LogP contribution in [0.25, 0.3) is 0 Å². The lowest BCUT2D eigenvalue weighted by atomic mass is 10.1. The highest BCUT2D eigenvalue weighted by Gasteiger charge is 2.33. The van der Waals surface area contributed by atoms with Crippen molar-refractivity contribution in [1.82, 2.24) is 14.7 Å². The van der Waals surface area contributed by atoms with Crippen molar-refractivity contribution in [2.75, 3.05) is 6.54 Å². The molecule has 0 N–H and O–H groups in total. The first-order chi connectivity index (χ1) is 10.6. The lowest BCUT2D eigenvalue weighted by Crippen LogP contribution is -2.31. The standard InChI is InChI=1S/C17H23N3O2/c1-12(2)10-13-11-15(19(3)18-13)17(21)20-8-4-6-14(20)16-7-5-9-22-16/h5,7,9,11-12,14H,4,6,8,10H2,1-3H3/t14-/m0/s1. The number of amides is 1. The average Bonchev–Trinajstić information content (AvgIpc) is 3.16. The van der Waals surface area contributed by atoms with Crippen LogP contribution in [0.5, 0.6) is 0 Å². The van der Waals surface area contributed by atoms with Crippen LogP contribution < -0.4 is 0 Å². The van der Waals surface area contributed by atoms with E-state index in [4.69, 9.17) is 4.42 Å². The highest BCUT2D eigenvalue weighted by Crippen LogP contribution is 2.33. The molecule has 1 fully saturated rings. The Morgan fingerprint density at radius 2 is 2.32 bits per heavy atom. The lowest BCUT2D eigenvalue weighted by molar-refractivity contribution is 0.0708. The van der Waals surface area contributed by atoms with Gasteiger partial charge in [0.2, 0.25) is 0 Å². The van der Waals surface area contributed by atoms with E-state index in [-0.39, 0.29) is 11.9 Å². The smallest absolute Gasteiger partial charge is 0.272 e. The summed E-state index contributed by atoms with van der Waals surface area (Å²) in [7, 11) is 1.84. The molecule has 1 amide bonds. The molecule has 2 aromatic rings. The molecule has 0 aromatic carbocycles. The van der Waals surface area contributed by atoms with Gasteiger partial charge in [0.25, 0.3) is 5.91 Å². The van der Waals surface area contributed by atoms with Crippen molar-refractivity contribution >= 4 is 5.91 Å². The average molecular weight is 301 g/mol. The summed E-state index contributed by atoms with van der Waals surface area (Å²) in [5.74, 6) is 1.44. The number of likely N-dealkylation sites (tertiary alicyclic amines) is 1. The molecule has 2 aromatic heterocycles. The SMILES string of the molecule is CC(C)Cc1cc(C(=O)N2CCC[C@H]2c2ccco2)n(C)n1. The Morgan fingerprint density at radius 3 is 3.00 bits per heavy atom. The highest BCUT2D eigenvalue weighted by atomic mass is 16.3. The van der Waals surface area contributed by atoms with Gasteiger partial charge in [-0.15, -0.1) is 0 Å². The quantitative estimate of drug-likeness (QED) is 0.871. The predicted molar refractivity (Wildman–Crippen MR) is 83.5 cm³/mol. The molecule has 0 spiro atoms. The van der Waals surface area contributed by atoms with Gasteiger partial charge in [-0.2, -0.15) is 5.10 Å². The van der Waals surface area contributed by atoms with Crippen LogP contribution in [0.1, 0.15) is 54.7 Å². The van der Waals surface area contributed by atoms with Crippen LogP contribution >= 0.6 is 0 Å². The molecule has 5 nitrogen and oxygen atoms in total. The fraction of sp³-hybridized carbons (Fsp3) is 0.529. The maximum atomic E-state index is 12.9. The summed E-state index contributed by atoms with van der Waals surface area (Å²) in [4.78, 5) is 14.8. The summed E-state index contributed by atoms with van der Waals surface area (Å²) in [6.07, 6.45) is 4.52. The molecule has 0 saturated carbocycles. The van der Waals surface area contributed by atoms with Crippen LogP contribution in [-0.2, 0) is 13.5 Å². The first-order valence-electron chi connectivity index (χ1n) is 7.93. The fourth-order valence-electron chi connectivity index (χ4n) is 3.18. The molecule has 1 aliphatic heterocycles. The minimum atomic E-state index is 0.0453. The van der Waals surface area contributed by atoms with Gasteiger partial charge in [0, 0.05) is 13.6 Å². The Bertz CT molecular complexity index is 643. The molecule has 0 bridgehead atoms. The van der Waals surface area contributed by atoms with Crippen LogP contribution in [0, 0.1) is 5.92 Å². The molecular weight excluding hydrogens is 278 g/mol. The molecule has 5 heteroatoms. The van der Waals surface area contributed by atoms with E-state index in [1.165, 1.54) is 0 Å². The van der Waals surface area contributed by atoms with Gasteiger partial charge in [-0.3, -0.25) is 9.48 Å². The Labute approximate surface area is 130 Å².